The van der Waals surface area contributed by atoms with E-state index >= 15 is 0 Å². The Morgan fingerprint density at radius 1 is 1.27 bits per heavy atom. The minimum atomic E-state index is -1.04. The fourth-order valence-corrected chi connectivity index (χ4v) is 2.43. The van der Waals surface area contributed by atoms with E-state index in [0.717, 1.165) is 5.56 Å². The van der Waals surface area contributed by atoms with Gasteiger partial charge in [-0.2, -0.15) is 0 Å². The number of nitrogens with one attached hydrogen (secondary N) is 1. The predicted octanol–water partition coefficient (Wildman–Crippen LogP) is 3.15. The quantitative estimate of drug-likeness (QED) is 0.856. The first-order chi connectivity index (χ1) is 10.5. The number of hydrogen-bond acceptors (Lipinski definition) is 4. The molecule has 116 valence electrons. The molecule has 0 radical (unpaired) electrons. The predicted molar refractivity (Wildman–Crippen MR) is 87.6 cm³/mol. The SMILES string of the molecule is CN(C)C(CNc1cccc(C(=O)O)n1)c1ccccc1Cl. The number of aromatic nitrogens is 1. The second-order valence-electron chi connectivity index (χ2n) is 5.10. The van der Waals surface area contributed by atoms with E-state index in [1.807, 2.05) is 38.4 Å². The fourth-order valence-electron chi connectivity index (χ4n) is 2.17. The highest BCUT2D eigenvalue weighted by Gasteiger charge is 2.17. The Labute approximate surface area is 134 Å². The molecule has 0 bridgehead atoms. The Morgan fingerprint density at radius 3 is 2.64 bits per heavy atom. The standard InChI is InChI=1S/C16H18ClN3O2/c1-20(2)14(11-6-3-4-7-12(11)17)10-18-15-9-5-8-13(19-15)16(21)22/h3-9,14H,10H2,1-2H3,(H,18,19)(H,21,22). The number of aromatic carboxylic acids is 1. The molecular weight excluding hydrogens is 302 g/mol. The summed E-state index contributed by atoms with van der Waals surface area (Å²) < 4.78 is 0. The van der Waals surface area contributed by atoms with Gasteiger partial charge in [0.15, 0.2) is 5.69 Å². The van der Waals surface area contributed by atoms with E-state index in [0.29, 0.717) is 17.4 Å². The zero-order valence-corrected chi connectivity index (χ0v) is 13.2. The second kappa shape index (κ2) is 7.24. The number of carboxylic acids is 1. The number of likely N-dealkylation sites (N-methyl/N-ethyl adjacent to an activating group) is 1. The number of rotatable bonds is 6. The molecule has 2 rings (SSSR count). The van der Waals surface area contributed by atoms with E-state index in [-0.39, 0.29) is 11.7 Å². The van der Waals surface area contributed by atoms with Gasteiger partial charge in [-0.15, -0.1) is 0 Å². The van der Waals surface area contributed by atoms with Crippen molar-refractivity contribution in [1.29, 1.82) is 0 Å². The monoisotopic (exact) mass is 319 g/mol. The topological polar surface area (TPSA) is 65.5 Å². The van der Waals surface area contributed by atoms with Crippen molar-refractivity contribution in [3.63, 3.8) is 0 Å². The average Bonchev–Trinajstić information content (AvgIpc) is 2.49. The molecule has 2 N–H and O–H groups in total. The van der Waals surface area contributed by atoms with Crippen LogP contribution in [-0.4, -0.2) is 41.6 Å². The van der Waals surface area contributed by atoms with Crippen molar-refractivity contribution >= 4 is 23.4 Å². The van der Waals surface area contributed by atoms with Crippen LogP contribution in [0.15, 0.2) is 42.5 Å². The van der Waals surface area contributed by atoms with Crippen LogP contribution in [0.1, 0.15) is 22.1 Å². The molecule has 0 aliphatic carbocycles. The van der Waals surface area contributed by atoms with Crippen molar-refractivity contribution in [3.8, 4) is 0 Å². The van der Waals surface area contributed by atoms with Gasteiger partial charge in [0.2, 0.25) is 0 Å². The van der Waals surface area contributed by atoms with Crippen LogP contribution in [0.4, 0.5) is 5.82 Å². The number of benzene rings is 1. The lowest BCUT2D eigenvalue weighted by molar-refractivity contribution is 0.0690. The highest BCUT2D eigenvalue weighted by atomic mass is 35.5. The second-order valence-corrected chi connectivity index (χ2v) is 5.50. The van der Waals surface area contributed by atoms with Crippen LogP contribution < -0.4 is 5.32 Å². The minimum absolute atomic E-state index is 0.0177. The van der Waals surface area contributed by atoms with Gasteiger partial charge in [-0.25, -0.2) is 9.78 Å². The number of pyridine rings is 1. The number of hydrogen-bond donors (Lipinski definition) is 2. The zero-order chi connectivity index (χ0) is 16.1. The maximum atomic E-state index is 10.9. The van der Waals surface area contributed by atoms with Gasteiger partial charge in [0.25, 0.3) is 0 Å². The number of anilines is 1. The molecule has 0 saturated carbocycles. The van der Waals surface area contributed by atoms with Crippen LogP contribution in [0, 0.1) is 0 Å². The number of carbonyl (C=O) groups is 1. The van der Waals surface area contributed by atoms with E-state index in [9.17, 15) is 4.79 Å². The Balaban J connectivity index is 2.15. The lowest BCUT2D eigenvalue weighted by atomic mass is 10.1. The molecule has 6 heteroatoms. The van der Waals surface area contributed by atoms with Gasteiger partial charge < -0.3 is 15.3 Å². The van der Waals surface area contributed by atoms with Gasteiger partial charge in [-0.1, -0.05) is 35.9 Å². The van der Waals surface area contributed by atoms with Gasteiger partial charge in [-0.3, -0.25) is 0 Å². The van der Waals surface area contributed by atoms with Gasteiger partial charge >= 0.3 is 5.97 Å². The van der Waals surface area contributed by atoms with Gasteiger partial charge in [-0.05, 0) is 37.9 Å². The van der Waals surface area contributed by atoms with Gasteiger partial charge in [0, 0.05) is 11.6 Å². The van der Waals surface area contributed by atoms with Crippen molar-refractivity contribution in [2.75, 3.05) is 26.0 Å². The van der Waals surface area contributed by atoms with E-state index in [2.05, 4.69) is 15.2 Å². The van der Waals surface area contributed by atoms with Crippen molar-refractivity contribution < 1.29 is 9.90 Å². The Morgan fingerprint density at radius 2 is 2.00 bits per heavy atom. The Hall–Kier alpha value is -2.11. The fraction of sp³-hybridized carbons (Fsp3) is 0.250. The summed E-state index contributed by atoms with van der Waals surface area (Å²) in [6.45, 7) is 0.562. The average molecular weight is 320 g/mol. The summed E-state index contributed by atoms with van der Waals surface area (Å²) in [6.07, 6.45) is 0. The molecule has 1 unspecified atom stereocenters. The molecule has 0 aliphatic heterocycles. The molecule has 1 aromatic carbocycles. The van der Waals surface area contributed by atoms with Crippen LogP contribution in [0.5, 0.6) is 0 Å². The first-order valence-electron chi connectivity index (χ1n) is 6.84. The molecule has 0 spiro atoms. The van der Waals surface area contributed by atoms with Crippen molar-refractivity contribution in [2.45, 2.75) is 6.04 Å². The van der Waals surface area contributed by atoms with Gasteiger partial charge in [0.1, 0.15) is 5.82 Å². The molecule has 1 heterocycles. The molecule has 0 fully saturated rings. The highest BCUT2D eigenvalue weighted by Crippen LogP contribution is 2.26. The molecule has 22 heavy (non-hydrogen) atoms. The lowest BCUT2D eigenvalue weighted by Crippen LogP contribution is -2.27. The van der Waals surface area contributed by atoms with Crippen LogP contribution in [0.25, 0.3) is 0 Å². The van der Waals surface area contributed by atoms with E-state index in [1.165, 1.54) is 6.07 Å². The third-order valence-electron chi connectivity index (χ3n) is 3.33. The summed E-state index contributed by atoms with van der Waals surface area (Å²) in [7, 11) is 3.94. The Kier molecular flexibility index (Phi) is 5.35. The largest absolute Gasteiger partial charge is 0.477 e. The maximum Gasteiger partial charge on any atom is 0.354 e. The Bertz CT molecular complexity index is 661. The van der Waals surface area contributed by atoms with Crippen LogP contribution in [0.3, 0.4) is 0 Å². The molecule has 0 amide bonds. The molecule has 1 atom stereocenters. The van der Waals surface area contributed by atoms with E-state index < -0.39 is 5.97 Å². The molecule has 1 aromatic heterocycles. The van der Waals surface area contributed by atoms with Crippen LogP contribution >= 0.6 is 11.6 Å². The van der Waals surface area contributed by atoms with Crippen molar-refractivity contribution in [2.24, 2.45) is 0 Å². The normalized spacial score (nSPS) is 12.2. The summed E-state index contributed by atoms with van der Waals surface area (Å²) in [6, 6.07) is 12.6. The molecule has 0 aliphatic rings. The number of nitrogens with zero attached hydrogens (tertiary/aromatic N) is 2. The lowest BCUT2D eigenvalue weighted by Gasteiger charge is -2.26. The number of carboxylic acid groups (broad SMARTS) is 1. The van der Waals surface area contributed by atoms with Crippen molar-refractivity contribution in [1.82, 2.24) is 9.88 Å². The smallest absolute Gasteiger partial charge is 0.354 e. The summed E-state index contributed by atoms with van der Waals surface area (Å²) >= 11 is 6.26. The first kappa shape index (κ1) is 16.3. The first-order valence-corrected chi connectivity index (χ1v) is 7.22. The third kappa shape index (κ3) is 3.96. The summed E-state index contributed by atoms with van der Waals surface area (Å²) in [4.78, 5) is 17.1. The van der Waals surface area contributed by atoms with Gasteiger partial charge in [0.05, 0.1) is 6.04 Å². The zero-order valence-electron chi connectivity index (χ0n) is 12.5. The van der Waals surface area contributed by atoms with E-state index in [4.69, 9.17) is 16.7 Å². The summed E-state index contributed by atoms with van der Waals surface area (Å²) in [5, 5.41) is 12.8. The van der Waals surface area contributed by atoms with Crippen LogP contribution in [-0.2, 0) is 0 Å². The molecule has 5 nitrogen and oxygen atoms in total. The minimum Gasteiger partial charge on any atom is -0.477 e. The maximum absolute atomic E-state index is 10.9. The summed E-state index contributed by atoms with van der Waals surface area (Å²) in [5.74, 6) is -0.516. The molecule has 2 aromatic rings. The van der Waals surface area contributed by atoms with Crippen LogP contribution in [0.2, 0.25) is 5.02 Å². The van der Waals surface area contributed by atoms with Crippen molar-refractivity contribution in [3.05, 3.63) is 58.7 Å². The van der Waals surface area contributed by atoms with E-state index in [1.54, 1.807) is 12.1 Å². The third-order valence-corrected chi connectivity index (χ3v) is 3.68. The molecule has 0 saturated heterocycles. The number of halogens is 1. The summed E-state index contributed by atoms with van der Waals surface area (Å²) in [5.41, 5.74) is 1.03. The molecular formula is C16H18ClN3O2. The highest BCUT2D eigenvalue weighted by molar-refractivity contribution is 6.31.